The quantitative estimate of drug-likeness (QED) is 0.698. The topological polar surface area (TPSA) is 33.2 Å². The van der Waals surface area contributed by atoms with Crippen molar-refractivity contribution in [3.05, 3.63) is 30.1 Å². The summed E-state index contributed by atoms with van der Waals surface area (Å²) in [5.41, 5.74) is 0.573. The van der Waals surface area contributed by atoms with E-state index in [2.05, 4.69) is 18.1 Å². The molecule has 0 unspecified atom stereocenters. The smallest absolute Gasteiger partial charge is 0.272 e. The summed E-state index contributed by atoms with van der Waals surface area (Å²) in [5, 5.41) is 0. The molecule has 0 bridgehead atoms. The summed E-state index contributed by atoms with van der Waals surface area (Å²) in [4.78, 5) is 18.1. The third kappa shape index (κ3) is 2.50. The first-order valence-corrected chi connectivity index (χ1v) is 9.20. The number of amides is 1. The number of carbonyl (C=O) groups excluding carboxylic acids is 1. The molecule has 0 aliphatic carbocycles. The first-order chi connectivity index (χ1) is 7.58. The molecule has 4 heteroatoms. The van der Waals surface area contributed by atoms with E-state index in [0.717, 1.165) is 13.1 Å². The first kappa shape index (κ1) is 11.3. The summed E-state index contributed by atoms with van der Waals surface area (Å²) in [6, 6.07) is 7.92. The number of aromatic nitrogens is 1. The van der Waals surface area contributed by atoms with Crippen molar-refractivity contribution in [3.63, 3.8) is 0 Å². The zero-order chi connectivity index (χ0) is 11.6. The van der Waals surface area contributed by atoms with E-state index in [1.807, 2.05) is 17.0 Å². The second-order valence-electron chi connectivity index (χ2n) is 5.17. The Balaban J connectivity index is 2.03. The molecule has 2 heterocycles. The maximum Gasteiger partial charge on any atom is 0.272 e. The van der Waals surface area contributed by atoms with Crippen molar-refractivity contribution in [1.29, 1.82) is 0 Å². The van der Waals surface area contributed by atoms with Crippen LogP contribution in [0, 0.1) is 0 Å². The van der Waals surface area contributed by atoms with Crippen LogP contribution in [0.1, 0.15) is 10.5 Å². The minimum Gasteiger partial charge on any atom is -0.338 e. The van der Waals surface area contributed by atoms with E-state index in [0.29, 0.717) is 5.69 Å². The highest BCUT2D eigenvalue weighted by molar-refractivity contribution is 6.77. The summed E-state index contributed by atoms with van der Waals surface area (Å²) < 4.78 is 0. The normalized spacial score (nSPS) is 19.5. The molecule has 0 radical (unpaired) electrons. The first-order valence-electron chi connectivity index (χ1n) is 5.79. The van der Waals surface area contributed by atoms with Crippen molar-refractivity contribution in [1.82, 2.24) is 9.88 Å². The summed E-state index contributed by atoms with van der Waals surface area (Å²) >= 11 is 0. The summed E-state index contributed by atoms with van der Waals surface area (Å²) in [5.74, 6) is 0.0881. The van der Waals surface area contributed by atoms with Crippen molar-refractivity contribution < 1.29 is 4.79 Å². The Labute approximate surface area is 97.5 Å². The molecular weight excluding hydrogens is 216 g/mol. The highest BCUT2D eigenvalue weighted by atomic mass is 28.3. The molecule has 1 saturated heterocycles. The Kier molecular flexibility index (Phi) is 3.09. The van der Waals surface area contributed by atoms with E-state index in [1.54, 1.807) is 12.3 Å². The third-order valence-corrected chi connectivity index (χ3v) is 6.44. The Morgan fingerprint density at radius 3 is 2.56 bits per heavy atom. The molecule has 2 rings (SSSR count). The van der Waals surface area contributed by atoms with Gasteiger partial charge in [-0.3, -0.25) is 9.78 Å². The van der Waals surface area contributed by atoms with Gasteiger partial charge in [0.2, 0.25) is 0 Å². The average Bonchev–Trinajstić information content (AvgIpc) is 2.29. The summed E-state index contributed by atoms with van der Waals surface area (Å²) in [6.07, 6.45) is 1.68. The van der Waals surface area contributed by atoms with Crippen molar-refractivity contribution in [2.45, 2.75) is 25.2 Å². The van der Waals surface area contributed by atoms with Crippen molar-refractivity contribution in [3.8, 4) is 0 Å². The lowest BCUT2D eigenvalue weighted by molar-refractivity contribution is 0.0759. The molecule has 0 spiro atoms. The number of hydrogen-bond donors (Lipinski definition) is 0. The van der Waals surface area contributed by atoms with Gasteiger partial charge < -0.3 is 4.90 Å². The zero-order valence-electron chi connectivity index (χ0n) is 9.94. The molecule has 0 aromatic carbocycles. The molecule has 3 nitrogen and oxygen atoms in total. The number of hydrogen-bond acceptors (Lipinski definition) is 2. The Morgan fingerprint density at radius 1 is 1.31 bits per heavy atom. The summed E-state index contributed by atoms with van der Waals surface area (Å²) in [6.45, 7) is 6.62. The molecule has 0 atom stereocenters. The second kappa shape index (κ2) is 4.37. The fourth-order valence-corrected chi connectivity index (χ4v) is 3.97. The van der Waals surface area contributed by atoms with Gasteiger partial charge in [-0.1, -0.05) is 19.2 Å². The SMILES string of the molecule is C[Si]1(C)CCN(C(=O)c2ccccn2)CC1. The fraction of sp³-hybridized carbons (Fsp3) is 0.500. The standard InChI is InChI=1S/C12H18N2OSi/c1-16(2)9-7-14(8-10-16)12(15)11-5-3-4-6-13-11/h3-6H,7-10H2,1-2H3. The molecule has 1 amide bonds. The van der Waals surface area contributed by atoms with E-state index in [-0.39, 0.29) is 5.91 Å². The van der Waals surface area contributed by atoms with Crippen LogP contribution in [0.15, 0.2) is 24.4 Å². The van der Waals surface area contributed by atoms with Gasteiger partial charge in [0.1, 0.15) is 5.69 Å². The Morgan fingerprint density at radius 2 is 2.00 bits per heavy atom. The molecule has 0 N–H and O–H groups in total. The van der Waals surface area contributed by atoms with Crippen LogP contribution in [0.3, 0.4) is 0 Å². The van der Waals surface area contributed by atoms with Gasteiger partial charge in [0, 0.05) is 19.3 Å². The Hall–Kier alpha value is -1.16. The molecule has 1 aromatic rings. The maximum absolute atomic E-state index is 12.1. The largest absolute Gasteiger partial charge is 0.338 e. The molecule has 0 saturated carbocycles. The molecule has 1 fully saturated rings. The van der Waals surface area contributed by atoms with Gasteiger partial charge in [0.25, 0.3) is 5.91 Å². The predicted octanol–water partition coefficient (Wildman–Crippen LogP) is 2.25. The van der Waals surface area contributed by atoms with Gasteiger partial charge in [-0.05, 0) is 24.2 Å². The summed E-state index contributed by atoms with van der Waals surface area (Å²) in [7, 11) is -0.993. The lowest BCUT2D eigenvalue weighted by atomic mass is 10.3. The van der Waals surface area contributed by atoms with Gasteiger partial charge in [-0.25, -0.2) is 0 Å². The highest BCUT2D eigenvalue weighted by Gasteiger charge is 2.29. The van der Waals surface area contributed by atoms with E-state index >= 15 is 0 Å². The van der Waals surface area contributed by atoms with Crippen LogP contribution < -0.4 is 0 Å². The zero-order valence-corrected chi connectivity index (χ0v) is 10.9. The predicted molar refractivity (Wildman–Crippen MR) is 67.2 cm³/mol. The van der Waals surface area contributed by atoms with Crippen LogP contribution in [0.4, 0.5) is 0 Å². The molecule has 1 aliphatic heterocycles. The van der Waals surface area contributed by atoms with Crippen LogP contribution in [0.2, 0.25) is 25.2 Å². The monoisotopic (exact) mass is 234 g/mol. The highest BCUT2D eigenvalue weighted by Crippen LogP contribution is 2.22. The molecule has 1 aliphatic rings. The minimum atomic E-state index is -0.993. The fourth-order valence-electron chi connectivity index (χ4n) is 1.97. The number of pyridine rings is 1. The molecule has 16 heavy (non-hydrogen) atoms. The van der Waals surface area contributed by atoms with E-state index in [1.165, 1.54) is 12.1 Å². The van der Waals surface area contributed by atoms with E-state index in [9.17, 15) is 4.79 Å². The van der Waals surface area contributed by atoms with Crippen molar-refractivity contribution in [2.75, 3.05) is 13.1 Å². The lowest BCUT2D eigenvalue weighted by Gasteiger charge is -2.35. The van der Waals surface area contributed by atoms with Crippen LogP contribution in [0.25, 0.3) is 0 Å². The average molecular weight is 234 g/mol. The van der Waals surface area contributed by atoms with Gasteiger partial charge in [-0.15, -0.1) is 0 Å². The van der Waals surface area contributed by atoms with E-state index in [4.69, 9.17) is 0 Å². The van der Waals surface area contributed by atoms with Crippen LogP contribution in [0.5, 0.6) is 0 Å². The number of carbonyl (C=O) groups is 1. The molecular formula is C12H18N2OSi. The minimum absolute atomic E-state index is 0.0881. The Bertz CT molecular complexity index is 368. The van der Waals surface area contributed by atoms with Gasteiger partial charge in [-0.2, -0.15) is 0 Å². The van der Waals surface area contributed by atoms with Gasteiger partial charge in [0.05, 0.1) is 8.07 Å². The number of nitrogens with zero attached hydrogens (tertiary/aromatic N) is 2. The van der Waals surface area contributed by atoms with Crippen LogP contribution in [-0.4, -0.2) is 37.0 Å². The van der Waals surface area contributed by atoms with E-state index < -0.39 is 8.07 Å². The lowest BCUT2D eigenvalue weighted by Crippen LogP contribution is -2.45. The van der Waals surface area contributed by atoms with Crippen LogP contribution >= 0.6 is 0 Å². The number of rotatable bonds is 1. The molecule has 1 aromatic heterocycles. The van der Waals surface area contributed by atoms with Gasteiger partial charge >= 0.3 is 0 Å². The second-order valence-corrected chi connectivity index (χ2v) is 10.5. The van der Waals surface area contributed by atoms with Gasteiger partial charge in [0.15, 0.2) is 0 Å². The maximum atomic E-state index is 12.1. The van der Waals surface area contributed by atoms with Crippen molar-refractivity contribution >= 4 is 14.0 Å². The molecule has 86 valence electrons. The van der Waals surface area contributed by atoms with Crippen molar-refractivity contribution in [2.24, 2.45) is 0 Å². The van der Waals surface area contributed by atoms with Crippen LogP contribution in [-0.2, 0) is 0 Å². The third-order valence-electron chi connectivity index (χ3n) is 3.29.